The topological polar surface area (TPSA) is 180 Å². The van der Waals surface area contributed by atoms with Crippen molar-refractivity contribution in [3.8, 4) is 5.75 Å². The minimum Gasteiger partial charge on any atom is -0.507 e. The van der Waals surface area contributed by atoms with Crippen molar-refractivity contribution in [3.05, 3.63) is 48.5 Å². The van der Waals surface area contributed by atoms with E-state index in [1.807, 2.05) is 0 Å². The van der Waals surface area contributed by atoms with E-state index in [0.717, 1.165) is 24.3 Å². The Hall–Kier alpha value is -3.06. The van der Waals surface area contributed by atoms with Gasteiger partial charge in [0.2, 0.25) is 0 Å². The molecule has 0 atom stereocenters. The first kappa shape index (κ1) is 19.7. The molecular formula is C16H13N3O7S2. The fourth-order valence-electron chi connectivity index (χ4n) is 2.46. The number of azo groups is 1. The number of nitrogen functional groups attached to an aromatic ring is 1. The number of anilines is 1. The second kappa shape index (κ2) is 6.83. The number of benzene rings is 3. The van der Waals surface area contributed by atoms with Crippen molar-refractivity contribution in [1.29, 1.82) is 0 Å². The highest BCUT2D eigenvalue weighted by atomic mass is 32.2. The van der Waals surface area contributed by atoms with Gasteiger partial charge in [0, 0.05) is 6.07 Å². The van der Waals surface area contributed by atoms with Crippen LogP contribution in [0.5, 0.6) is 5.75 Å². The van der Waals surface area contributed by atoms with Gasteiger partial charge in [-0.1, -0.05) is 6.07 Å². The van der Waals surface area contributed by atoms with Crippen molar-refractivity contribution in [2.75, 3.05) is 5.73 Å². The molecule has 0 aromatic heterocycles. The zero-order valence-corrected chi connectivity index (χ0v) is 15.5. The zero-order valence-electron chi connectivity index (χ0n) is 13.9. The summed E-state index contributed by atoms with van der Waals surface area (Å²) in [5.74, 6) is -0.479. The zero-order chi connectivity index (χ0) is 20.7. The monoisotopic (exact) mass is 423 g/mol. The molecule has 0 aliphatic carbocycles. The van der Waals surface area contributed by atoms with Crippen LogP contribution >= 0.6 is 0 Å². The van der Waals surface area contributed by atoms with Gasteiger partial charge in [-0.05, 0) is 41.8 Å². The molecule has 0 amide bonds. The van der Waals surface area contributed by atoms with Crippen molar-refractivity contribution < 1.29 is 31.0 Å². The summed E-state index contributed by atoms with van der Waals surface area (Å²) in [6.45, 7) is 0. The molecule has 3 aromatic carbocycles. The number of hydrogen-bond acceptors (Lipinski definition) is 8. The number of nitrogens with zero attached hydrogens (tertiary/aromatic N) is 2. The molecule has 0 unspecified atom stereocenters. The average molecular weight is 423 g/mol. The van der Waals surface area contributed by atoms with Crippen LogP contribution in [0, 0.1) is 0 Å². The maximum atomic E-state index is 11.3. The first-order valence-corrected chi connectivity index (χ1v) is 10.4. The normalized spacial score (nSPS) is 12.6. The number of rotatable bonds is 4. The summed E-state index contributed by atoms with van der Waals surface area (Å²) in [4.78, 5) is -0.808. The summed E-state index contributed by atoms with van der Waals surface area (Å²) in [6.07, 6.45) is 0. The van der Waals surface area contributed by atoms with Gasteiger partial charge in [0.05, 0.1) is 26.6 Å². The molecule has 3 aromatic rings. The molecule has 146 valence electrons. The predicted molar refractivity (Wildman–Crippen MR) is 100 cm³/mol. The minimum atomic E-state index is -4.53. The first-order valence-electron chi connectivity index (χ1n) is 7.49. The quantitative estimate of drug-likeness (QED) is 0.281. The molecule has 0 saturated carbocycles. The van der Waals surface area contributed by atoms with Gasteiger partial charge >= 0.3 is 0 Å². The smallest absolute Gasteiger partial charge is 0.294 e. The van der Waals surface area contributed by atoms with Gasteiger partial charge in [0.15, 0.2) is 0 Å². The molecule has 0 saturated heterocycles. The number of phenolic OH excluding ortho intramolecular Hbond substituents is 1. The first-order chi connectivity index (χ1) is 13.0. The lowest BCUT2D eigenvalue weighted by Crippen LogP contribution is -1.98. The molecule has 12 heteroatoms. The number of phenols is 1. The van der Waals surface area contributed by atoms with Gasteiger partial charge in [-0.15, -0.1) is 5.11 Å². The molecule has 0 bridgehead atoms. The van der Waals surface area contributed by atoms with E-state index in [0.29, 0.717) is 0 Å². The molecule has 0 spiro atoms. The SMILES string of the molecule is Nc1ccc2cc(S(=O)(=O)O)cc(O)c2c1N=Nc1ccc(S(=O)(=O)O)cc1. The minimum absolute atomic E-state index is 0.0516. The van der Waals surface area contributed by atoms with E-state index in [1.54, 1.807) is 0 Å². The highest BCUT2D eigenvalue weighted by molar-refractivity contribution is 7.86. The molecule has 0 heterocycles. The van der Waals surface area contributed by atoms with E-state index < -0.39 is 30.9 Å². The van der Waals surface area contributed by atoms with E-state index in [1.165, 1.54) is 24.3 Å². The highest BCUT2D eigenvalue weighted by Gasteiger charge is 2.17. The van der Waals surface area contributed by atoms with Crippen LogP contribution in [-0.2, 0) is 20.2 Å². The number of fused-ring (bicyclic) bond motifs is 1. The van der Waals surface area contributed by atoms with Crippen LogP contribution in [0.1, 0.15) is 0 Å². The number of hydrogen-bond donors (Lipinski definition) is 4. The molecule has 5 N–H and O–H groups in total. The van der Waals surface area contributed by atoms with Crippen molar-refractivity contribution >= 4 is 48.1 Å². The van der Waals surface area contributed by atoms with Crippen LogP contribution < -0.4 is 5.73 Å². The predicted octanol–water partition coefficient (Wildman–Crippen LogP) is 3.04. The summed E-state index contributed by atoms with van der Waals surface area (Å²) in [5, 5.41) is 18.5. The third-order valence-corrected chi connectivity index (χ3v) is 5.47. The van der Waals surface area contributed by atoms with Gasteiger partial charge in [-0.25, -0.2) is 0 Å². The van der Waals surface area contributed by atoms with Crippen molar-refractivity contribution in [2.45, 2.75) is 9.79 Å². The largest absolute Gasteiger partial charge is 0.507 e. The molecule has 0 radical (unpaired) electrons. The molecule has 0 aliphatic rings. The van der Waals surface area contributed by atoms with Crippen molar-refractivity contribution in [1.82, 2.24) is 0 Å². The molecule has 3 rings (SSSR count). The third-order valence-electron chi connectivity index (χ3n) is 3.77. The standard InChI is InChI=1S/C16H13N3O7S2/c17-13-6-1-9-7-12(28(24,25)26)8-14(20)15(9)16(13)19-18-10-2-4-11(5-3-10)27(21,22)23/h1-8,20H,17H2,(H,21,22,23)(H,24,25,26). The summed E-state index contributed by atoms with van der Waals surface area (Å²) < 4.78 is 62.8. The molecule has 0 aliphatic heterocycles. The Labute approximate surface area is 159 Å². The lowest BCUT2D eigenvalue weighted by Gasteiger charge is -2.08. The van der Waals surface area contributed by atoms with Crippen LogP contribution in [0.3, 0.4) is 0 Å². The average Bonchev–Trinajstić information content (AvgIpc) is 2.60. The maximum Gasteiger partial charge on any atom is 0.294 e. The van der Waals surface area contributed by atoms with Crippen molar-refractivity contribution in [2.24, 2.45) is 10.2 Å². The van der Waals surface area contributed by atoms with Crippen LogP contribution in [0.15, 0.2) is 68.6 Å². The Morgan fingerprint density at radius 1 is 0.786 bits per heavy atom. The lowest BCUT2D eigenvalue weighted by atomic mass is 10.1. The molecular weight excluding hydrogens is 410 g/mol. The number of aromatic hydroxyl groups is 1. The van der Waals surface area contributed by atoms with E-state index in [-0.39, 0.29) is 32.7 Å². The number of nitrogens with two attached hydrogens (primary N) is 1. The Kier molecular flexibility index (Phi) is 4.81. The van der Waals surface area contributed by atoms with E-state index in [4.69, 9.17) is 14.8 Å². The Morgan fingerprint density at radius 3 is 1.96 bits per heavy atom. The second-order valence-corrected chi connectivity index (χ2v) is 8.53. The second-order valence-electron chi connectivity index (χ2n) is 5.69. The van der Waals surface area contributed by atoms with Crippen LogP contribution in [0.2, 0.25) is 0 Å². The highest BCUT2D eigenvalue weighted by Crippen LogP contribution is 2.40. The third kappa shape index (κ3) is 3.94. The van der Waals surface area contributed by atoms with Gasteiger partial charge < -0.3 is 10.8 Å². The Balaban J connectivity index is 2.10. The van der Waals surface area contributed by atoms with Gasteiger partial charge in [-0.2, -0.15) is 21.9 Å². The van der Waals surface area contributed by atoms with Gasteiger partial charge in [0.25, 0.3) is 20.2 Å². The van der Waals surface area contributed by atoms with Crippen molar-refractivity contribution in [3.63, 3.8) is 0 Å². The Bertz CT molecular complexity index is 1320. The summed E-state index contributed by atoms with van der Waals surface area (Å²) in [5.41, 5.74) is 6.31. The van der Waals surface area contributed by atoms with Crippen LogP contribution in [0.25, 0.3) is 10.8 Å². The summed E-state index contributed by atoms with van der Waals surface area (Å²) >= 11 is 0. The fraction of sp³-hybridized carbons (Fsp3) is 0. The summed E-state index contributed by atoms with van der Waals surface area (Å²) in [7, 11) is -8.86. The lowest BCUT2D eigenvalue weighted by molar-refractivity contribution is 0.471. The molecule has 28 heavy (non-hydrogen) atoms. The maximum absolute atomic E-state index is 11.3. The van der Waals surface area contributed by atoms with Gasteiger partial charge in [-0.3, -0.25) is 9.11 Å². The van der Waals surface area contributed by atoms with Gasteiger partial charge in [0.1, 0.15) is 11.4 Å². The summed E-state index contributed by atoms with van der Waals surface area (Å²) in [6, 6.07) is 9.72. The Morgan fingerprint density at radius 2 is 1.39 bits per heavy atom. The molecule has 0 fully saturated rings. The fourth-order valence-corrected chi connectivity index (χ4v) is 3.48. The molecule has 10 nitrogen and oxygen atoms in total. The van der Waals surface area contributed by atoms with E-state index >= 15 is 0 Å². The van der Waals surface area contributed by atoms with Crippen LogP contribution in [0.4, 0.5) is 17.1 Å². The van der Waals surface area contributed by atoms with E-state index in [9.17, 15) is 21.9 Å². The van der Waals surface area contributed by atoms with Crippen LogP contribution in [-0.4, -0.2) is 31.0 Å². The van der Waals surface area contributed by atoms with E-state index in [2.05, 4.69) is 10.2 Å².